The zero-order valence-corrected chi connectivity index (χ0v) is 12.7. The predicted octanol–water partition coefficient (Wildman–Crippen LogP) is 3.96. The van der Waals surface area contributed by atoms with E-state index in [2.05, 4.69) is 4.90 Å². The summed E-state index contributed by atoms with van der Waals surface area (Å²) in [5, 5.41) is 11.4. The van der Waals surface area contributed by atoms with E-state index in [1.807, 2.05) is 6.92 Å². The maximum absolute atomic E-state index is 11.4. The van der Waals surface area contributed by atoms with Gasteiger partial charge >= 0.3 is 0 Å². The summed E-state index contributed by atoms with van der Waals surface area (Å²) in [6.07, 6.45) is 5.78. The number of rotatable bonds is 5. The number of anilines is 1. The number of Topliss-reactive ketones (excluding diaryl/α,β-unsaturated/α-hetero) is 1. The van der Waals surface area contributed by atoms with Crippen molar-refractivity contribution in [3.05, 3.63) is 33.9 Å². The molecule has 1 aliphatic carbocycles. The number of hydrogen-bond donors (Lipinski definition) is 0. The van der Waals surface area contributed by atoms with Crippen LogP contribution < -0.4 is 4.90 Å². The minimum atomic E-state index is -0.382. The van der Waals surface area contributed by atoms with Crippen molar-refractivity contribution >= 4 is 17.2 Å². The molecule has 0 spiro atoms. The Morgan fingerprint density at radius 1 is 1.33 bits per heavy atom. The lowest BCUT2D eigenvalue weighted by atomic mass is 9.93. The van der Waals surface area contributed by atoms with Crippen LogP contribution in [0.15, 0.2) is 18.2 Å². The maximum atomic E-state index is 11.4. The lowest BCUT2D eigenvalue weighted by Gasteiger charge is -2.35. The molecule has 0 aromatic heterocycles. The monoisotopic (exact) mass is 290 g/mol. The summed E-state index contributed by atoms with van der Waals surface area (Å²) in [4.78, 5) is 24.5. The zero-order chi connectivity index (χ0) is 15.4. The largest absolute Gasteiger partial charge is 0.363 e. The molecule has 0 bridgehead atoms. The molecule has 0 heterocycles. The molecular formula is C16H22N2O3. The van der Waals surface area contributed by atoms with Crippen molar-refractivity contribution in [1.82, 2.24) is 0 Å². The highest BCUT2D eigenvalue weighted by Crippen LogP contribution is 2.34. The van der Waals surface area contributed by atoms with Crippen LogP contribution in [-0.4, -0.2) is 23.3 Å². The highest BCUT2D eigenvalue weighted by atomic mass is 16.6. The highest BCUT2D eigenvalue weighted by molar-refractivity contribution is 5.95. The molecule has 1 aromatic rings. The summed E-state index contributed by atoms with van der Waals surface area (Å²) in [6, 6.07) is 5.19. The SMILES string of the molecule is CCN(c1ccc(C(C)=O)cc1[N+](=O)[O-])C1CCCCC1. The van der Waals surface area contributed by atoms with E-state index in [-0.39, 0.29) is 16.4 Å². The van der Waals surface area contributed by atoms with Gasteiger partial charge in [-0.25, -0.2) is 0 Å². The van der Waals surface area contributed by atoms with Crippen molar-refractivity contribution in [3.8, 4) is 0 Å². The third-order valence-corrected chi connectivity index (χ3v) is 4.24. The molecule has 0 N–H and O–H groups in total. The van der Waals surface area contributed by atoms with Crippen LogP contribution in [-0.2, 0) is 0 Å². The van der Waals surface area contributed by atoms with E-state index in [0.717, 1.165) is 19.4 Å². The van der Waals surface area contributed by atoms with Crippen molar-refractivity contribution in [2.75, 3.05) is 11.4 Å². The standard InChI is InChI=1S/C16H22N2O3/c1-3-17(14-7-5-4-6-8-14)15-10-9-13(12(2)19)11-16(15)18(20)21/h9-11,14H,3-8H2,1-2H3. The van der Waals surface area contributed by atoms with Crippen LogP contribution in [0.25, 0.3) is 0 Å². The Kier molecular flexibility index (Phi) is 4.94. The third kappa shape index (κ3) is 3.40. The third-order valence-electron chi connectivity index (χ3n) is 4.24. The summed E-state index contributed by atoms with van der Waals surface area (Å²) < 4.78 is 0. The second kappa shape index (κ2) is 6.70. The number of hydrogen-bond acceptors (Lipinski definition) is 4. The molecule has 2 rings (SSSR count). The van der Waals surface area contributed by atoms with Crippen LogP contribution in [0, 0.1) is 10.1 Å². The first-order valence-electron chi connectivity index (χ1n) is 7.60. The van der Waals surface area contributed by atoms with Crippen LogP contribution >= 0.6 is 0 Å². The van der Waals surface area contributed by atoms with E-state index >= 15 is 0 Å². The molecule has 1 saturated carbocycles. The van der Waals surface area contributed by atoms with E-state index in [0.29, 0.717) is 17.3 Å². The van der Waals surface area contributed by atoms with Gasteiger partial charge in [-0.1, -0.05) is 19.3 Å². The average Bonchev–Trinajstić information content (AvgIpc) is 2.49. The fraction of sp³-hybridized carbons (Fsp3) is 0.562. The fourth-order valence-corrected chi connectivity index (χ4v) is 3.15. The average molecular weight is 290 g/mol. The highest BCUT2D eigenvalue weighted by Gasteiger charge is 2.26. The molecule has 21 heavy (non-hydrogen) atoms. The topological polar surface area (TPSA) is 63.5 Å². The van der Waals surface area contributed by atoms with Crippen molar-refractivity contribution in [2.45, 2.75) is 52.0 Å². The number of benzene rings is 1. The minimum absolute atomic E-state index is 0.0372. The summed E-state index contributed by atoms with van der Waals surface area (Å²) in [7, 11) is 0. The lowest BCUT2D eigenvalue weighted by Crippen LogP contribution is -2.37. The molecular weight excluding hydrogens is 268 g/mol. The van der Waals surface area contributed by atoms with Gasteiger partial charge in [0.2, 0.25) is 0 Å². The Hall–Kier alpha value is -1.91. The molecule has 0 radical (unpaired) electrons. The van der Waals surface area contributed by atoms with Gasteiger partial charge in [-0.3, -0.25) is 14.9 Å². The van der Waals surface area contributed by atoms with E-state index in [4.69, 9.17) is 0 Å². The molecule has 5 heteroatoms. The normalized spacial score (nSPS) is 15.7. The van der Waals surface area contributed by atoms with Gasteiger partial charge in [-0.2, -0.15) is 0 Å². The Morgan fingerprint density at radius 2 is 2.00 bits per heavy atom. The number of carbonyl (C=O) groups is 1. The number of nitrogens with zero attached hydrogens (tertiary/aromatic N) is 2. The predicted molar refractivity (Wildman–Crippen MR) is 83.0 cm³/mol. The van der Waals surface area contributed by atoms with Gasteiger partial charge < -0.3 is 4.90 Å². The molecule has 0 atom stereocenters. The van der Waals surface area contributed by atoms with Gasteiger partial charge in [0.15, 0.2) is 5.78 Å². The van der Waals surface area contributed by atoms with E-state index in [1.165, 1.54) is 32.3 Å². The van der Waals surface area contributed by atoms with Crippen molar-refractivity contribution in [1.29, 1.82) is 0 Å². The summed E-state index contributed by atoms with van der Waals surface area (Å²) in [5.41, 5.74) is 1.07. The maximum Gasteiger partial charge on any atom is 0.293 e. The van der Waals surface area contributed by atoms with Crippen LogP contribution in [0.2, 0.25) is 0 Å². The summed E-state index contributed by atoms with van der Waals surface area (Å²) in [5.74, 6) is -0.148. The Morgan fingerprint density at radius 3 is 2.52 bits per heavy atom. The van der Waals surface area contributed by atoms with Gasteiger partial charge in [0.05, 0.1) is 4.92 Å². The first-order chi connectivity index (χ1) is 10.0. The summed E-state index contributed by atoms with van der Waals surface area (Å²) in [6.45, 7) is 4.19. The van der Waals surface area contributed by atoms with Crippen molar-refractivity contribution < 1.29 is 9.72 Å². The second-order valence-corrected chi connectivity index (χ2v) is 5.59. The fourth-order valence-electron chi connectivity index (χ4n) is 3.15. The number of nitro benzene ring substituents is 1. The molecule has 0 aliphatic heterocycles. The van der Waals surface area contributed by atoms with Crippen LogP contribution in [0.4, 0.5) is 11.4 Å². The first-order valence-corrected chi connectivity index (χ1v) is 7.60. The van der Waals surface area contributed by atoms with Gasteiger partial charge in [-0.15, -0.1) is 0 Å². The quantitative estimate of drug-likeness (QED) is 0.468. The number of carbonyl (C=O) groups excluding carboxylic acids is 1. The van der Waals surface area contributed by atoms with Gasteiger partial charge in [0, 0.05) is 24.2 Å². The Balaban J connectivity index is 2.39. The lowest BCUT2D eigenvalue weighted by molar-refractivity contribution is -0.384. The molecule has 0 unspecified atom stereocenters. The van der Waals surface area contributed by atoms with Gasteiger partial charge in [0.25, 0.3) is 5.69 Å². The molecule has 0 amide bonds. The van der Waals surface area contributed by atoms with Gasteiger partial charge in [-0.05, 0) is 38.8 Å². The molecule has 0 saturated heterocycles. The van der Waals surface area contributed by atoms with Crippen LogP contribution in [0.1, 0.15) is 56.3 Å². The molecule has 5 nitrogen and oxygen atoms in total. The summed E-state index contributed by atoms with van der Waals surface area (Å²) >= 11 is 0. The molecule has 114 valence electrons. The van der Waals surface area contributed by atoms with E-state index < -0.39 is 0 Å². The molecule has 1 aromatic carbocycles. The zero-order valence-electron chi connectivity index (χ0n) is 12.7. The Labute approximate surface area is 125 Å². The van der Waals surface area contributed by atoms with Crippen molar-refractivity contribution in [2.24, 2.45) is 0 Å². The minimum Gasteiger partial charge on any atom is -0.363 e. The molecule has 1 fully saturated rings. The smallest absolute Gasteiger partial charge is 0.293 e. The Bertz CT molecular complexity index is 536. The number of nitro groups is 1. The van der Waals surface area contributed by atoms with Crippen LogP contribution in [0.3, 0.4) is 0 Å². The van der Waals surface area contributed by atoms with E-state index in [9.17, 15) is 14.9 Å². The number of ketones is 1. The first kappa shape index (κ1) is 15.5. The van der Waals surface area contributed by atoms with E-state index in [1.54, 1.807) is 12.1 Å². The van der Waals surface area contributed by atoms with Crippen molar-refractivity contribution in [3.63, 3.8) is 0 Å². The molecule has 1 aliphatic rings. The van der Waals surface area contributed by atoms with Gasteiger partial charge in [0.1, 0.15) is 5.69 Å². The second-order valence-electron chi connectivity index (χ2n) is 5.59. The van der Waals surface area contributed by atoms with Crippen LogP contribution in [0.5, 0.6) is 0 Å².